The van der Waals surface area contributed by atoms with E-state index in [1.807, 2.05) is 12.1 Å². The lowest BCUT2D eigenvalue weighted by Gasteiger charge is -2.37. The van der Waals surface area contributed by atoms with Gasteiger partial charge < -0.3 is 14.2 Å². The Morgan fingerprint density at radius 2 is 1.64 bits per heavy atom. The summed E-state index contributed by atoms with van der Waals surface area (Å²) in [5.74, 6) is -1.15. The highest BCUT2D eigenvalue weighted by Crippen LogP contribution is 2.37. The molecular weight excluding hydrogens is 314 g/mol. The second-order valence-corrected chi connectivity index (χ2v) is 6.40. The highest BCUT2D eigenvalue weighted by molar-refractivity contribution is 5.29. The number of nitriles is 1. The molecule has 1 aromatic carbocycles. The lowest BCUT2D eigenvalue weighted by Crippen LogP contribution is -2.42. The molecule has 1 unspecified atom stereocenters. The van der Waals surface area contributed by atoms with E-state index in [2.05, 4.69) is 25.1 Å². The third-order valence-corrected chi connectivity index (χ3v) is 4.76. The Labute approximate surface area is 153 Å². The van der Waals surface area contributed by atoms with E-state index in [4.69, 9.17) is 19.5 Å². The maximum Gasteiger partial charge on any atom is 0.289 e. The van der Waals surface area contributed by atoms with Crippen molar-refractivity contribution in [1.29, 1.82) is 5.26 Å². The predicted octanol–water partition coefficient (Wildman–Crippen LogP) is 5.18. The molecule has 1 rings (SSSR count). The molecule has 1 aromatic rings. The Balaban J connectivity index is 2.91. The molecule has 0 amide bonds. The predicted molar refractivity (Wildman–Crippen MR) is 100 cm³/mol. The summed E-state index contributed by atoms with van der Waals surface area (Å²) in [4.78, 5) is 0. The van der Waals surface area contributed by atoms with Crippen LogP contribution in [-0.2, 0) is 20.6 Å². The lowest BCUT2D eigenvalue weighted by atomic mass is 9.89. The number of rotatable bonds is 13. The molecule has 0 bridgehead atoms. The molecular formula is C21H33NO3. The van der Waals surface area contributed by atoms with Crippen molar-refractivity contribution in [2.45, 2.75) is 70.2 Å². The van der Waals surface area contributed by atoms with Gasteiger partial charge >= 0.3 is 0 Å². The lowest BCUT2D eigenvalue weighted by molar-refractivity contribution is -0.365. The summed E-state index contributed by atoms with van der Waals surface area (Å²) >= 11 is 0. The Morgan fingerprint density at radius 1 is 1.00 bits per heavy atom. The van der Waals surface area contributed by atoms with Crippen molar-refractivity contribution in [2.24, 2.45) is 0 Å². The van der Waals surface area contributed by atoms with Gasteiger partial charge in [0.1, 0.15) is 0 Å². The smallest absolute Gasteiger partial charge is 0.289 e. The fourth-order valence-electron chi connectivity index (χ4n) is 3.36. The molecule has 0 aromatic heterocycles. The topological polar surface area (TPSA) is 51.5 Å². The molecule has 0 spiro atoms. The second-order valence-electron chi connectivity index (χ2n) is 6.40. The number of hydrogen-bond donors (Lipinski definition) is 0. The Morgan fingerprint density at radius 3 is 2.24 bits per heavy atom. The van der Waals surface area contributed by atoms with Crippen molar-refractivity contribution in [3.8, 4) is 6.07 Å². The van der Waals surface area contributed by atoms with E-state index in [1.54, 1.807) is 21.3 Å². The molecule has 0 fully saturated rings. The zero-order valence-electron chi connectivity index (χ0n) is 16.2. The van der Waals surface area contributed by atoms with Crippen LogP contribution in [0.4, 0.5) is 0 Å². The fourth-order valence-corrected chi connectivity index (χ4v) is 3.36. The molecule has 0 aliphatic heterocycles. The van der Waals surface area contributed by atoms with Crippen LogP contribution in [0.3, 0.4) is 0 Å². The van der Waals surface area contributed by atoms with Gasteiger partial charge in [0.25, 0.3) is 5.97 Å². The summed E-state index contributed by atoms with van der Waals surface area (Å²) < 4.78 is 16.9. The van der Waals surface area contributed by atoms with Gasteiger partial charge in [-0.3, -0.25) is 0 Å². The van der Waals surface area contributed by atoms with Gasteiger partial charge in [-0.05, 0) is 17.5 Å². The number of nitrogens with zero attached hydrogens (tertiary/aromatic N) is 1. The first kappa shape index (κ1) is 21.6. The number of unbranched alkanes of at least 4 members (excludes halogenated alkanes) is 5. The van der Waals surface area contributed by atoms with Gasteiger partial charge in [0, 0.05) is 21.3 Å². The van der Waals surface area contributed by atoms with Crippen LogP contribution in [0.1, 0.15) is 68.9 Å². The van der Waals surface area contributed by atoms with Crippen molar-refractivity contribution in [3.05, 3.63) is 35.4 Å². The van der Waals surface area contributed by atoms with E-state index in [-0.39, 0.29) is 5.92 Å². The van der Waals surface area contributed by atoms with E-state index < -0.39 is 5.97 Å². The minimum Gasteiger partial charge on any atom is -0.330 e. The van der Waals surface area contributed by atoms with Crippen LogP contribution in [-0.4, -0.2) is 27.3 Å². The quantitative estimate of drug-likeness (QED) is 0.364. The molecule has 1 atom stereocenters. The first-order valence-electron chi connectivity index (χ1n) is 9.28. The summed E-state index contributed by atoms with van der Waals surface area (Å²) in [7, 11) is 4.83. The number of methoxy groups -OCH3 is 3. The van der Waals surface area contributed by atoms with Gasteiger partial charge in [-0.15, -0.1) is 0 Å². The zero-order valence-corrected chi connectivity index (χ0v) is 16.2. The van der Waals surface area contributed by atoms with Crippen LogP contribution in [0.2, 0.25) is 0 Å². The summed E-state index contributed by atoms with van der Waals surface area (Å²) in [6.45, 7) is 2.23. The first-order chi connectivity index (χ1) is 12.2. The van der Waals surface area contributed by atoms with E-state index in [1.165, 1.54) is 32.1 Å². The van der Waals surface area contributed by atoms with E-state index in [9.17, 15) is 0 Å². The van der Waals surface area contributed by atoms with Crippen molar-refractivity contribution in [2.75, 3.05) is 21.3 Å². The van der Waals surface area contributed by atoms with E-state index in [0.717, 1.165) is 24.0 Å². The maximum atomic E-state index is 8.97. The van der Waals surface area contributed by atoms with Crippen molar-refractivity contribution in [1.82, 2.24) is 0 Å². The average Bonchev–Trinajstić information content (AvgIpc) is 2.65. The van der Waals surface area contributed by atoms with Gasteiger partial charge in [-0.25, -0.2) is 0 Å². The van der Waals surface area contributed by atoms with Gasteiger partial charge in [0.2, 0.25) is 0 Å². The van der Waals surface area contributed by atoms with Crippen LogP contribution in [0.5, 0.6) is 0 Å². The molecule has 4 nitrogen and oxygen atoms in total. The summed E-state index contributed by atoms with van der Waals surface area (Å²) in [6, 6.07) is 10.3. The van der Waals surface area contributed by atoms with Gasteiger partial charge in [-0.1, -0.05) is 69.7 Å². The van der Waals surface area contributed by atoms with Crippen LogP contribution in [0.25, 0.3) is 0 Å². The highest BCUT2D eigenvalue weighted by Gasteiger charge is 2.40. The summed E-state index contributed by atoms with van der Waals surface area (Å²) in [6.07, 6.45) is 8.72. The molecule has 0 N–H and O–H groups in total. The zero-order chi connectivity index (χ0) is 18.5. The number of ether oxygens (including phenoxy) is 3. The summed E-state index contributed by atoms with van der Waals surface area (Å²) in [5, 5.41) is 8.97. The highest BCUT2D eigenvalue weighted by atomic mass is 16.9. The molecule has 0 aliphatic carbocycles. The normalized spacial score (nSPS) is 12.8. The molecule has 140 valence electrons. The Bertz CT molecular complexity index is 512. The number of benzene rings is 1. The summed E-state index contributed by atoms with van der Waals surface area (Å²) in [5.41, 5.74) is 2.09. The van der Waals surface area contributed by atoms with Gasteiger partial charge in [0.15, 0.2) is 0 Å². The van der Waals surface area contributed by atoms with E-state index >= 15 is 0 Å². The van der Waals surface area contributed by atoms with Crippen LogP contribution in [0, 0.1) is 11.3 Å². The maximum absolute atomic E-state index is 8.97. The minimum atomic E-state index is -1.10. The molecule has 0 radical (unpaired) electrons. The molecule has 0 saturated heterocycles. The van der Waals surface area contributed by atoms with Crippen molar-refractivity contribution in [3.63, 3.8) is 0 Å². The molecule has 25 heavy (non-hydrogen) atoms. The number of hydrogen-bond acceptors (Lipinski definition) is 4. The first-order valence-corrected chi connectivity index (χ1v) is 9.28. The largest absolute Gasteiger partial charge is 0.330 e. The van der Waals surface area contributed by atoms with E-state index in [0.29, 0.717) is 6.42 Å². The fraction of sp³-hybridized carbons (Fsp3) is 0.667. The monoisotopic (exact) mass is 347 g/mol. The standard InChI is InChI=1S/C21H33NO3/c1-5-6-7-8-9-10-14-20(21(23-2,24-3)25-4)19-13-11-12-18(17-19)15-16-22/h11-13,17,20H,5-10,14-15H2,1-4H3. The van der Waals surface area contributed by atoms with Crippen LogP contribution >= 0.6 is 0 Å². The van der Waals surface area contributed by atoms with Gasteiger partial charge in [0.05, 0.1) is 18.4 Å². The molecule has 0 saturated carbocycles. The van der Waals surface area contributed by atoms with Crippen molar-refractivity contribution < 1.29 is 14.2 Å². The molecule has 4 heteroatoms. The average molecular weight is 347 g/mol. The van der Waals surface area contributed by atoms with Crippen molar-refractivity contribution >= 4 is 0 Å². The molecule has 0 heterocycles. The third kappa shape index (κ3) is 6.43. The molecule has 0 aliphatic rings. The second kappa shape index (κ2) is 12.0. The van der Waals surface area contributed by atoms with Gasteiger partial charge in [-0.2, -0.15) is 5.26 Å². The Hall–Kier alpha value is -1.41. The van der Waals surface area contributed by atoms with Crippen LogP contribution in [0.15, 0.2) is 24.3 Å². The third-order valence-electron chi connectivity index (χ3n) is 4.76. The minimum absolute atomic E-state index is 0.0442. The Kier molecular flexibility index (Phi) is 10.4. The van der Waals surface area contributed by atoms with Crippen LogP contribution < -0.4 is 0 Å². The SMILES string of the molecule is CCCCCCCCC(c1cccc(CC#N)c1)C(OC)(OC)OC.